The van der Waals surface area contributed by atoms with Crippen LogP contribution in [0.15, 0.2) is 0 Å². The summed E-state index contributed by atoms with van der Waals surface area (Å²) in [6.45, 7) is 5.51. The number of fused-ring (bicyclic) bond motifs is 2. The van der Waals surface area contributed by atoms with Gasteiger partial charge in [-0.15, -0.1) is 0 Å². The molecule has 0 aliphatic carbocycles. The zero-order chi connectivity index (χ0) is 9.43. The van der Waals surface area contributed by atoms with Gasteiger partial charge >= 0.3 is 0 Å². The van der Waals surface area contributed by atoms with E-state index in [1.54, 1.807) is 0 Å². The fraction of sp³-hybridized carbons (Fsp3) is 1.00. The van der Waals surface area contributed by atoms with Crippen molar-refractivity contribution in [3.63, 3.8) is 0 Å². The monoisotopic (exact) mass is 198 g/mol. The lowest BCUT2D eigenvalue weighted by Crippen LogP contribution is -2.68. The number of nitrogens with zero attached hydrogens (tertiary/aromatic N) is 1. The lowest BCUT2D eigenvalue weighted by atomic mass is 9.95. The highest BCUT2D eigenvalue weighted by Gasteiger charge is 2.47. The smallest absolute Gasteiger partial charge is 0.0966 e. The summed E-state index contributed by atoms with van der Waals surface area (Å²) in [5.41, 5.74) is 0.137. The van der Waals surface area contributed by atoms with E-state index in [0.717, 1.165) is 26.4 Å². The van der Waals surface area contributed by atoms with Gasteiger partial charge in [0.05, 0.1) is 32.1 Å². The van der Waals surface area contributed by atoms with E-state index in [9.17, 15) is 0 Å². The Kier molecular flexibility index (Phi) is 2.24. The van der Waals surface area contributed by atoms with Crippen molar-refractivity contribution >= 4 is 0 Å². The molecule has 3 fully saturated rings. The lowest BCUT2D eigenvalue weighted by molar-refractivity contribution is -0.138. The van der Waals surface area contributed by atoms with Crippen LogP contribution >= 0.6 is 0 Å². The zero-order valence-electron chi connectivity index (χ0n) is 8.50. The van der Waals surface area contributed by atoms with Crippen LogP contribution in [0.4, 0.5) is 0 Å². The Labute approximate surface area is 84.5 Å². The van der Waals surface area contributed by atoms with Crippen LogP contribution in [-0.2, 0) is 9.47 Å². The fourth-order valence-electron chi connectivity index (χ4n) is 3.03. The molecule has 3 aliphatic rings. The molecule has 0 aromatic carbocycles. The van der Waals surface area contributed by atoms with Gasteiger partial charge in [0.25, 0.3) is 0 Å². The van der Waals surface area contributed by atoms with Gasteiger partial charge in [0.15, 0.2) is 0 Å². The molecule has 2 atom stereocenters. The molecule has 1 N–H and O–H groups in total. The van der Waals surface area contributed by atoms with E-state index in [-0.39, 0.29) is 5.54 Å². The van der Waals surface area contributed by atoms with E-state index in [1.807, 2.05) is 0 Å². The van der Waals surface area contributed by atoms with Gasteiger partial charge in [-0.2, -0.15) is 0 Å². The van der Waals surface area contributed by atoms with Gasteiger partial charge in [0.1, 0.15) is 0 Å². The summed E-state index contributed by atoms with van der Waals surface area (Å²) < 4.78 is 11.3. The third-order valence-electron chi connectivity index (χ3n) is 3.70. The van der Waals surface area contributed by atoms with Crippen molar-refractivity contribution < 1.29 is 9.47 Å². The molecule has 3 heterocycles. The molecule has 0 unspecified atom stereocenters. The Bertz CT molecular complexity index is 211. The maximum atomic E-state index is 5.72. The molecule has 14 heavy (non-hydrogen) atoms. The van der Waals surface area contributed by atoms with Gasteiger partial charge in [0, 0.05) is 12.6 Å². The van der Waals surface area contributed by atoms with Gasteiger partial charge in [-0.1, -0.05) is 0 Å². The van der Waals surface area contributed by atoms with Crippen LogP contribution in [0.1, 0.15) is 12.8 Å². The van der Waals surface area contributed by atoms with Gasteiger partial charge < -0.3 is 9.47 Å². The Balaban J connectivity index is 1.81. The molecule has 3 rings (SSSR count). The number of morpholine rings is 1. The number of nitrogens with one attached hydrogen (secondary N) is 1. The zero-order valence-corrected chi connectivity index (χ0v) is 8.50. The van der Waals surface area contributed by atoms with Crippen molar-refractivity contribution in [1.82, 2.24) is 10.2 Å². The molecule has 0 aromatic rings. The molecule has 80 valence electrons. The highest BCUT2D eigenvalue weighted by Crippen LogP contribution is 2.32. The number of rotatable bonds is 0. The minimum absolute atomic E-state index is 0.137. The number of hydrogen-bond donors (Lipinski definition) is 1. The Morgan fingerprint density at radius 2 is 2.21 bits per heavy atom. The van der Waals surface area contributed by atoms with Crippen molar-refractivity contribution in [2.45, 2.75) is 24.4 Å². The minimum atomic E-state index is 0.137. The molecular formula is C10H18N2O2. The first kappa shape index (κ1) is 9.09. The van der Waals surface area contributed by atoms with E-state index < -0.39 is 0 Å². The number of ether oxygens (including phenoxy) is 2. The summed E-state index contributed by atoms with van der Waals surface area (Å²) in [6, 6.07) is 0.646. The molecule has 4 heteroatoms. The van der Waals surface area contributed by atoms with Crippen molar-refractivity contribution in [3.05, 3.63) is 0 Å². The third kappa shape index (κ3) is 1.29. The minimum Gasteiger partial charge on any atom is -0.378 e. The molecule has 4 nitrogen and oxygen atoms in total. The first-order valence-corrected chi connectivity index (χ1v) is 5.54. The summed E-state index contributed by atoms with van der Waals surface area (Å²) in [7, 11) is 0. The molecule has 3 aliphatic heterocycles. The predicted octanol–water partition coefficient (Wildman–Crippen LogP) is -0.203. The topological polar surface area (TPSA) is 33.7 Å². The van der Waals surface area contributed by atoms with E-state index in [2.05, 4.69) is 10.2 Å². The van der Waals surface area contributed by atoms with Crippen LogP contribution in [0.5, 0.6) is 0 Å². The second-order valence-electron chi connectivity index (χ2n) is 4.65. The Morgan fingerprint density at radius 1 is 1.29 bits per heavy atom. The molecule has 0 radical (unpaired) electrons. The summed E-state index contributed by atoms with van der Waals surface area (Å²) in [5.74, 6) is 0. The predicted molar refractivity (Wildman–Crippen MR) is 52.1 cm³/mol. The van der Waals surface area contributed by atoms with E-state index in [4.69, 9.17) is 9.47 Å². The van der Waals surface area contributed by atoms with Gasteiger partial charge in [0.2, 0.25) is 0 Å². The van der Waals surface area contributed by atoms with Crippen molar-refractivity contribution in [2.24, 2.45) is 0 Å². The molecule has 0 saturated carbocycles. The van der Waals surface area contributed by atoms with Crippen molar-refractivity contribution in [1.29, 1.82) is 0 Å². The average Bonchev–Trinajstić information content (AvgIpc) is 2.69. The highest BCUT2D eigenvalue weighted by molar-refractivity contribution is 5.02. The highest BCUT2D eigenvalue weighted by atomic mass is 16.5. The van der Waals surface area contributed by atoms with E-state index >= 15 is 0 Å². The SMILES string of the molecule is C1C[C@H]2COC[C@]3(CNCOC3)N2C1. The van der Waals surface area contributed by atoms with E-state index in [0.29, 0.717) is 12.8 Å². The summed E-state index contributed by atoms with van der Waals surface area (Å²) in [4.78, 5) is 2.61. The first-order chi connectivity index (χ1) is 6.91. The molecule has 0 aromatic heterocycles. The number of hydrogen-bond acceptors (Lipinski definition) is 4. The quantitative estimate of drug-likeness (QED) is 0.584. The fourth-order valence-corrected chi connectivity index (χ4v) is 3.03. The largest absolute Gasteiger partial charge is 0.378 e. The molecule has 0 bridgehead atoms. The van der Waals surface area contributed by atoms with Crippen LogP contribution < -0.4 is 5.32 Å². The summed E-state index contributed by atoms with van der Waals surface area (Å²) >= 11 is 0. The normalized spacial score (nSPS) is 44.1. The third-order valence-corrected chi connectivity index (χ3v) is 3.70. The molecule has 1 spiro atoms. The average molecular weight is 198 g/mol. The van der Waals surface area contributed by atoms with Crippen LogP contribution in [0.25, 0.3) is 0 Å². The van der Waals surface area contributed by atoms with Gasteiger partial charge in [-0.05, 0) is 19.4 Å². The summed E-state index contributed by atoms with van der Waals surface area (Å²) in [6.07, 6.45) is 2.61. The van der Waals surface area contributed by atoms with Gasteiger partial charge in [-0.3, -0.25) is 10.2 Å². The maximum Gasteiger partial charge on any atom is 0.0966 e. The van der Waals surface area contributed by atoms with Crippen LogP contribution in [-0.4, -0.2) is 56.1 Å². The standard InChI is InChI=1S/C10H18N2O2/c1-2-9-4-13-6-10(12(9)3-1)5-11-8-14-7-10/h9,11H,1-8H2/t9-,10-/m0/s1. The van der Waals surface area contributed by atoms with Gasteiger partial charge in [-0.25, -0.2) is 0 Å². The summed E-state index contributed by atoms with van der Waals surface area (Å²) in [5, 5.41) is 3.31. The molecule has 0 amide bonds. The van der Waals surface area contributed by atoms with Crippen LogP contribution in [0, 0.1) is 0 Å². The van der Waals surface area contributed by atoms with E-state index in [1.165, 1.54) is 19.4 Å². The second kappa shape index (κ2) is 3.45. The van der Waals surface area contributed by atoms with Crippen molar-refractivity contribution in [3.8, 4) is 0 Å². The Hall–Kier alpha value is -0.160. The molecule has 3 saturated heterocycles. The van der Waals surface area contributed by atoms with Crippen molar-refractivity contribution in [2.75, 3.05) is 39.6 Å². The maximum absolute atomic E-state index is 5.72. The van der Waals surface area contributed by atoms with Crippen LogP contribution in [0.3, 0.4) is 0 Å². The molecular weight excluding hydrogens is 180 g/mol. The lowest BCUT2D eigenvalue weighted by Gasteiger charge is -2.49. The second-order valence-corrected chi connectivity index (χ2v) is 4.65. The van der Waals surface area contributed by atoms with Crippen LogP contribution in [0.2, 0.25) is 0 Å². The Morgan fingerprint density at radius 3 is 3.07 bits per heavy atom. The first-order valence-electron chi connectivity index (χ1n) is 5.54.